The molecule has 0 spiro atoms. The van der Waals surface area contributed by atoms with Crippen LogP contribution in [0.4, 0.5) is 4.39 Å². The van der Waals surface area contributed by atoms with E-state index in [4.69, 9.17) is 21.3 Å². The molecule has 1 amide bonds. The Balaban J connectivity index is 1.63. The number of nitrogens with zero attached hydrogens (tertiary/aromatic N) is 2. The molecule has 1 aromatic heterocycles. The normalized spacial score (nSPS) is 20.6. The second-order valence-electron chi connectivity index (χ2n) is 9.14. The molecular formula is C26H29ClFN3O2. The molecule has 0 bridgehead atoms. The van der Waals surface area contributed by atoms with E-state index in [1.807, 2.05) is 16.7 Å². The van der Waals surface area contributed by atoms with Gasteiger partial charge in [0.1, 0.15) is 17.7 Å². The first-order chi connectivity index (χ1) is 16.1. The van der Waals surface area contributed by atoms with Gasteiger partial charge in [-0.15, -0.1) is 0 Å². The van der Waals surface area contributed by atoms with Crippen molar-refractivity contribution in [2.75, 3.05) is 6.61 Å². The zero-order valence-electron chi connectivity index (χ0n) is 18.6. The molecule has 33 heavy (non-hydrogen) atoms. The molecule has 1 N–H and O–H groups in total. The van der Waals surface area contributed by atoms with Crippen molar-refractivity contribution >= 4 is 28.5 Å². The van der Waals surface area contributed by atoms with Gasteiger partial charge in [-0.25, -0.2) is 9.37 Å². The maximum absolute atomic E-state index is 14.4. The molecule has 2 fully saturated rings. The smallest absolute Gasteiger partial charge is 0.246 e. The largest absolute Gasteiger partial charge is 0.376 e. The minimum absolute atomic E-state index is 0.0763. The molecule has 2 aromatic carbocycles. The van der Waals surface area contributed by atoms with Crippen molar-refractivity contribution in [3.05, 3.63) is 53.3 Å². The van der Waals surface area contributed by atoms with Gasteiger partial charge in [-0.2, -0.15) is 0 Å². The van der Waals surface area contributed by atoms with Crippen LogP contribution in [0.3, 0.4) is 0 Å². The summed E-state index contributed by atoms with van der Waals surface area (Å²) in [5.74, 6) is 0.181. The monoisotopic (exact) mass is 469 g/mol. The number of carbonyl (C=O) groups is 1. The lowest BCUT2D eigenvalue weighted by Gasteiger charge is -2.33. The fourth-order valence-electron chi connectivity index (χ4n) is 5.15. The molecule has 1 aliphatic heterocycles. The Hall–Kier alpha value is -2.44. The van der Waals surface area contributed by atoms with Gasteiger partial charge >= 0.3 is 0 Å². The summed E-state index contributed by atoms with van der Waals surface area (Å²) in [5.41, 5.74) is 2.06. The summed E-state index contributed by atoms with van der Waals surface area (Å²) < 4.78 is 22.4. The van der Waals surface area contributed by atoms with Crippen LogP contribution in [0.15, 0.2) is 42.5 Å². The van der Waals surface area contributed by atoms with Crippen molar-refractivity contribution < 1.29 is 13.9 Å². The molecule has 3 aromatic rings. The van der Waals surface area contributed by atoms with Gasteiger partial charge in [-0.3, -0.25) is 4.79 Å². The Morgan fingerprint density at radius 1 is 1.06 bits per heavy atom. The third-order valence-corrected chi connectivity index (χ3v) is 7.07. The number of nitrogens with one attached hydrogen (secondary N) is 1. The second-order valence-corrected chi connectivity index (χ2v) is 9.58. The predicted octanol–water partition coefficient (Wildman–Crippen LogP) is 6.05. The van der Waals surface area contributed by atoms with Crippen molar-refractivity contribution in [3.63, 3.8) is 0 Å². The zero-order valence-corrected chi connectivity index (χ0v) is 19.4. The Labute approximate surface area is 198 Å². The highest BCUT2D eigenvalue weighted by molar-refractivity contribution is 6.30. The minimum atomic E-state index is -0.635. The molecule has 7 heteroatoms. The number of benzene rings is 2. The average Bonchev–Trinajstić information content (AvgIpc) is 3.19. The SMILES string of the molecule is O=C(NC1CCCCC1)C(C1CCCCO1)n1c(-c2ccc(Cl)cc2)nc2ccc(F)cc21. The van der Waals surface area contributed by atoms with Crippen LogP contribution in [-0.2, 0) is 9.53 Å². The summed E-state index contributed by atoms with van der Waals surface area (Å²) in [5, 5.41) is 3.91. The van der Waals surface area contributed by atoms with Crippen LogP contribution in [0, 0.1) is 5.82 Å². The Morgan fingerprint density at radius 3 is 2.55 bits per heavy atom. The third-order valence-electron chi connectivity index (χ3n) is 6.82. The first-order valence-corrected chi connectivity index (χ1v) is 12.3. The number of halogens is 2. The Morgan fingerprint density at radius 2 is 1.82 bits per heavy atom. The van der Waals surface area contributed by atoms with Crippen LogP contribution in [0.25, 0.3) is 22.4 Å². The zero-order chi connectivity index (χ0) is 22.8. The molecule has 2 atom stereocenters. The van der Waals surface area contributed by atoms with E-state index in [0.717, 1.165) is 50.5 Å². The van der Waals surface area contributed by atoms with Crippen LogP contribution in [0.1, 0.15) is 57.4 Å². The van der Waals surface area contributed by atoms with Crippen molar-refractivity contribution in [2.24, 2.45) is 0 Å². The average molecular weight is 470 g/mol. The fourth-order valence-corrected chi connectivity index (χ4v) is 5.28. The Kier molecular flexibility index (Phi) is 6.65. The van der Waals surface area contributed by atoms with Crippen molar-refractivity contribution in [1.82, 2.24) is 14.9 Å². The number of rotatable bonds is 5. The van der Waals surface area contributed by atoms with E-state index in [0.29, 0.717) is 28.5 Å². The van der Waals surface area contributed by atoms with Crippen LogP contribution in [0.2, 0.25) is 5.02 Å². The number of hydrogen-bond acceptors (Lipinski definition) is 3. The van der Waals surface area contributed by atoms with E-state index in [-0.39, 0.29) is 23.9 Å². The molecule has 5 rings (SSSR count). The number of amides is 1. The summed E-state index contributed by atoms with van der Waals surface area (Å²) in [4.78, 5) is 18.6. The number of aromatic nitrogens is 2. The van der Waals surface area contributed by atoms with E-state index >= 15 is 0 Å². The van der Waals surface area contributed by atoms with Crippen molar-refractivity contribution in [2.45, 2.75) is 69.6 Å². The standard InChI is InChI=1S/C26H29ClFN3O2/c27-18-11-9-17(10-12-18)25-30-21-14-13-19(28)16-22(21)31(25)24(23-8-4-5-15-33-23)26(32)29-20-6-2-1-3-7-20/h9-14,16,20,23-24H,1-8,15H2,(H,29,32). The first-order valence-electron chi connectivity index (χ1n) is 12.0. The van der Waals surface area contributed by atoms with Crippen LogP contribution >= 0.6 is 11.6 Å². The summed E-state index contributed by atoms with van der Waals surface area (Å²) in [6.45, 7) is 0.620. The van der Waals surface area contributed by atoms with Gasteiger partial charge in [0.2, 0.25) is 5.91 Å². The highest BCUT2D eigenvalue weighted by Gasteiger charge is 2.36. The number of carbonyl (C=O) groups excluding carboxylic acids is 1. The highest BCUT2D eigenvalue weighted by Crippen LogP contribution is 2.35. The van der Waals surface area contributed by atoms with E-state index in [1.54, 1.807) is 18.2 Å². The van der Waals surface area contributed by atoms with E-state index in [1.165, 1.54) is 18.6 Å². The molecule has 1 saturated carbocycles. The maximum Gasteiger partial charge on any atom is 0.246 e. The minimum Gasteiger partial charge on any atom is -0.376 e. The van der Waals surface area contributed by atoms with Crippen LogP contribution in [-0.4, -0.2) is 34.2 Å². The van der Waals surface area contributed by atoms with Gasteiger partial charge in [0.25, 0.3) is 0 Å². The topological polar surface area (TPSA) is 56.1 Å². The van der Waals surface area contributed by atoms with E-state index in [9.17, 15) is 9.18 Å². The molecule has 2 heterocycles. The molecule has 2 unspecified atom stereocenters. The predicted molar refractivity (Wildman–Crippen MR) is 128 cm³/mol. The van der Waals surface area contributed by atoms with Crippen molar-refractivity contribution in [3.8, 4) is 11.4 Å². The molecule has 2 aliphatic rings. The number of ether oxygens (including phenoxy) is 1. The highest BCUT2D eigenvalue weighted by atomic mass is 35.5. The lowest BCUT2D eigenvalue weighted by molar-refractivity contribution is -0.131. The molecule has 174 valence electrons. The summed E-state index contributed by atoms with van der Waals surface area (Å²) in [7, 11) is 0. The number of hydrogen-bond donors (Lipinski definition) is 1. The maximum atomic E-state index is 14.4. The first kappa shape index (κ1) is 22.4. The van der Waals surface area contributed by atoms with Gasteiger partial charge < -0.3 is 14.6 Å². The molecule has 1 aliphatic carbocycles. The quantitative estimate of drug-likeness (QED) is 0.494. The van der Waals surface area contributed by atoms with Gasteiger partial charge in [0.15, 0.2) is 0 Å². The van der Waals surface area contributed by atoms with Gasteiger partial charge in [0.05, 0.1) is 17.1 Å². The second kappa shape index (κ2) is 9.82. The summed E-state index contributed by atoms with van der Waals surface area (Å²) in [6, 6.07) is 11.4. The van der Waals surface area contributed by atoms with Gasteiger partial charge in [-0.1, -0.05) is 30.9 Å². The molecular weight excluding hydrogens is 441 g/mol. The molecule has 1 saturated heterocycles. The molecule has 0 radical (unpaired) electrons. The lowest BCUT2D eigenvalue weighted by Crippen LogP contribution is -2.46. The fraction of sp³-hybridized carbons (Fsp3) is 0.462. The third kappa shape index (κ3) is 4.78. The van der Waals surface area contributed by atoms with E-state index in [2.05, 4.69) is 5.32 Å². The number of imidazole rings is 1. The molecule has 5 nitrogen and oxygen atoms in total. The van der Waals surface area contributed by atoms with Gasteiger partial charge in [-0.05, 0) is 74.6 Å². The van der Waals surface area contributed by atoms with Gasteiger partial charge in [0, 0.05) is 23.2 Å². The lowest BCUT2D eigenvalue weighted by atomic mass is 9.94. The van der Waals surface area contributed by atoms with Crippen LogP contribution in [0.5, 0.6) is 0 Å². The van der Waals surface area contributed by atoms with Crippen LogP contribution < -0.4 is 5.32 Å². The number of fused-ring (bicyclic) bond motifs is 1. The van der Waals surface area contributed by atoms with Crippen molar-refractivity contribution in [1.29, 1.82) is 0 Å². The Bertz CT molecular complexity index is 1120. The van der Waals surface area contributed by atoms with E-state index < -0.39 is 6.04 Å². The summed E-state index contributed by atoms with van der Waals surface area (Å²) in [6.07, 6.45) is 7.92. The summed E-state index contributed by atoms with van der Waals surface area (Å²) >= 11 is 6.12.